The molecule has 0 aliphatic rings. The molecule has 3 rings (SSSR count). The molecule has 1 aromatic carbocycles. The van der Waals surface area contributed by atoms with Crippen molar-refractivity contribution in [1.29, 1.82) is 0 Å². The number of methoxy groups -OCH3 is 1. The zero-order valence-corrected chi connectivity index (χ0v) is 16.2. The average Bonchev–Trinajstić information content (AvgIpc) is 2.89. The van der Waals surface area contributed by atoms with Gasteiger partial charge in [-0.1, -0.05) is 34.8 Å². The highest BCUT2D eigenvalue weighted by Gasteiger charge is 2.20. The van der Waals surface area contributed by atoms with E-state index in [4.69, 9.17) is 39.5 Å². The van der Waals surface area contributed by atoms with Crippen LogP contribution >= 0.6 is 46.1 Å². The Bertz CT molecular complexity index is 1040. The predicted molar refractivity (Wildman–Crippen MR) is 101 cm³/mol. The van der Waals surface area contributed by atoms with Crippen molar-refractivity contribution < 1.29 is 9.53 Å². The smallest absolute Gasteiger partial charge is 0.348 e. The highest BCUT2D eigenvalue weighted by atomic mass is 35.5. The molecule has 0 atom stereocenters. The van der Waals surface area contributed by atoms with E-state index in [-0.39, 0.29) is 12.1 Å². The number of benzene rings is 1. The second-order valence-electron chi connectivity index (χ2n) is 5.25. The Hall–Kier alpha value is -1.60. The summed E-state index contributed by atoms with van der Waals surface area (Å²) in [6.07, 6.45) is 1.41. The maximum Gasteiger partial charge on any atom is 0.348 e. The maximum absolute atomic E-state index is 12.8. The van der Waals surface area contributed by atoms with E-state index >= 15 is 0 Å². The van der Waals surface area contributed by atoms with Crippen LogP contribution in [0.5, 0.6) is 0 Å². The van der Waals surface area contributed by atoms with Crippen LogP contribution in [0, 0.1) is 6.92 Å². The minimum atomic E-state index is -0.491. The fraction of sp³-hybridized carbons (Fsp3) is 0.188. The Morgan fingerprint density at radius 2 is 1.92 bits per heavy atom. The molecule has 5 nitrogen and oxygen atoms in total. The molecule has 25 heavy (non-hydrogen) atoms. The number of thiophene rings is 1. The highest BCUT2D eigenvalue weighted by Crippen LogP contribution is 2.30. The molecule has 0 saturated heterocycles. The second-order valence-corrected chi connectivity index (χ2v) is 7.50. The van der Waals surface area contributed by atoms with Crippen LogP contribution in [0.3, 0.4) is 0 Å². The van der Waals surface area contributed by atoms with Gasteiger partial charge in [0.2, 0.25) is 0 Å². The van der Waals surface area contributed by atoms with E-state index in [0.717, 1.165) is 11.3 Å². The second kappa shape index (κ2) is 6.96. The molecule has 0 radical (unpaired) electrons. The summed E-state index contributed by atoms with van der Waals surface area (Å²) in [7, 11) is 1.29. The van der Waals surface area contributed by atoms with Crippen molar-refractivity contribution in [2.75, 3.05) is 7.11 Å². The molecule has 0 spiro atoms. The Labute approximate surface area is 161 Å². The lowest BCUT2D eigenvalue weighted by atomic mass is 10.2. The Kier molecular flexibility index (Phi) is 5.06. The molecular weight excluding hydrogens is 407 g/mol. The van der Waals surface area contributed by atoms with Gasteiger partial charge < -0.3 is 4.74 Å². The van der Waals surface area contributed by atoms with Gasteiger partial charge in [0.25, 0.3) is 5.56 Å². The van der Waals surface area contributed by atoms with Crippen LogP contribution < -0.4 is 5.56 Å². The van der Waals surface area contributed by atoms with Crippen molar-refractivity contribution in [2.45, 2.75) is 13.5 Å². The minimum Gasteiger partial charge on any atom is -0.465 e. The molecule has 2 aromatic heterocycles. The topological polar surface area (TPSA) is 61.2 Å². The normalized spacial score (nSPS) is 11.1. The maximum atomic E-state index is 12.8. The lowest BCUT2D eigenvalue weighted by Crippen LogP contribution is -2.21. The van der Waals surface area contributed by atoms with E-state index in [1.807, 2.05) is 0 Å². The first kappa shape index (κ1) is 18.2. The van der Waals surface area contributed by atoms with E-state index in [2.05, 4.69) is 4.98 Å². The first-order chi connectivity index (χ1) is 11.8. The van der Waals surface area contributed by atoms with E-state index in [0.29, 0.717) is 41.3 Å². The number of esters is 1. The van der Waals surface area contributed by atoms with Crippen molar-refractivity contribution in [3.05, 3.63) is 59.9 Å². The van der Waals surface area contributed by atoms with Crippen molar-refractivity contribution in [3.8, 4) is 0 Å². The molecule has 3 aromatic rings. The number of fused-ring (bicyclic) bond motifs is 1. The monoisotopic (exact) mass is 416 g/mol. The zero-order chi connectivity index (χ0) is 18.3. The van der Waals surface area contributed by atoms with Crippen LogP contribution in [0.25, 0.3) is 10.2 Å². The molecule has 2 heterocycles. The third-order valence-corrected chi connectivity index (χ3v) is 5.79. The van der Waals surface area contributed by atoms with Crippen LogP contribution in [0.4, 0.5) is 0 Å². The number of rotatable bonds is 3. The molecule has 0 aliphatic carbocycles. The summed E-state index contributed by atoms with van der Waals surface area (Å²) in [6.45, 7) is 1.83. The van der Waals surface area contributed by atoms with Gasteiger partial charge in [-0.05, 0) is 24.6 Å². The summed E-state index contributed by atoms with van der Waals surface area (Å²) in [5.41, 5.74) is 0.833. The summed E-state index contributed by atoms with van der Waals surface area (Å²) in [5, 5.41) is 1.52. The quantitative estimate of drug-likeness (QED) is 0.586. The number of ether oxygens (including phenoxy) is 1. The van der Waals surface area contributed by atoms with Gasteiger partial charge in [0.15, 0.2) is 0 Å². The Morgan fingerprint density at radius 1 is 1.28 bits per heavy atom. The zero-order valence-electron chi connectivity index (χ0n) is 13.1. The lowest BCUT2D eigenvalue weighted by Gasteiger charge is -2.10. The van der Waals surface area contributed by atoms with Gasteiger partial charge in [0.1, 0.15) is 9.71 Å². The van der Waals surface area contributed by atoms with Gasteiger partial charge >= 0.3 is 5.97 Å². The van der Waals surface area contributed by atoms with Gasteiger partial charge in [-0.25, -0.2) is 9.78 Å². The Morgan fingerprint density at radius 3 is 2.52 bits per heavy atom. The lowest BCUT2D eigenvalue weighted by molar-refractivity contribution is 0.0605. The van der Waals surface area contributed by atoms with Crippen molar-refractivity contribution in [3.63, 3.8) is 0 Å². The summed E-state index contributed by atoms with van der Waals surface area (Å²) in [4.78, 5) is 29.8. The van der Waals surface area contributed by atoms with Gasteiger partial charge in [-0.2, -0.15) is 0 Å². The molecule has 0 fully saturated rings. The van der Waals surface area contributed by atoms with E-state index < -0.39 is 5.97 Å². The van der Waals surface area contributed by atoms with Gasteiger partial charge in [0.05, 0.1) is 25.4 Å². The number of hydrogen-bond donors (Lipinski definition) is 0. The third kappa shape index (κ3) is 3.27. The molecule has 0 aliphatic heterocycles. The SMILES string of the molecule is COC(=O)c1sc2ncn(Cc3c(Cl)cc(Cl)cc3Cl)c(=O)c2c1C. The summed E-state index contributed by atoms with van der Waals surface area (Å²) in [5.74, 6) is -0.491. The summed E-state index contributed by atoms with van der Waals surface area (Å²) in [6, 6.07) is 3.12. The first-order valence-electron chi connectivity index (χ1n) is 7.03. The van der Waals surface area contributed by atoms with Crippen molar-refractivity contribution in [2.24, 2.45) is 0 Å². The molecule has 130 valence electrons. The molecule has 9 heteroatoms. The number of carbonyl (C=O) groups is 1. The number of aromatic nitrogens is 2. The minimum absolute atomic E-state index is 0.138. The van der Waals surface area contributed by atoms with E-state index in [1.54, 1.807) is 19.1 Å². The largest absolute Gasteiger partial charge is 0.465 e. The molecule has 0 unspecified atom stereocenters. The van der Waals surface area contributed by atoms with Crippen molar-refractivity contribution >= 4 is 62.3 Å². The standard InChI is InChI=1S/C16H11Cl3N2O3S/c1-7-12-14(25-13(7)16(23)24-2)20-6-21(15(12)22)5-9-10(18)3-8(17)4-11(9)19/h3-4,6H,5H2,1-2H3. The van der Waals surface area contributed by atoms with E-state index in [1.165, 1.54) is 18.0 Å². The van der Waals surface area contributed by atoms with Gasteiger partial charge in [-0.15, -0.1) is 11.3 Å². The predicted octanol–water partition coefficient (Wildman–Crippen LogP) is 4.56. The van der Waals surface area contributed by atoms with Gasteiger partial charge in [-0.3, -0.25) is 9.36 Å². The first-order valence-corrected chi connectivity index (χ1v) is 8.98. The number of nitrogens with zero attached hydrogens (tertiary/aromatic N) is 2. The number of aryl methyl sites for hydroxylation is 1. The molecule has 0 amide bonds. The fourth-order valence-corrected chi connectivity index (χ4v) is 4.45. The van der Waals surface area contributed by atoms with Crippen molar-refractivity contribution in [1.82, 2.24) is 9.55 Å². The molecule has 0 N–H and O–H groups in total. The highest BCUT2D eigenvalue weighted by molar-refractivity contribution is 7.20. The average molecular weight is 418 g/mol. The number of hydrogen-bond acceptors (Lipinski definition) is 5. The fourth-order valence-electron chi connectivity index (χ4n) is 2.45. The number of halogens is 3. The third-order valence-electron chi connectivity index (χ3n) is 3.72. The summed E-state index contributed by atoms with van der Waals surface area (Å²) < 4.78 is 6.14. The Balaban J connectivity index is 2.13. The van der Waals surface area contributed by atoms with Crippen LogP contribution in [0.2, 0.25) is 15.1 Å². The molecular formula is C16H11Cl3N2O3S. The molecule has 0 saturated carbocycles. The molecule has 0 bridgehead atoms. The van der Waals surface area contributed by atoms with E-state index in [9.17, 15) is 9.59 Å². The summed E-state index contributed by atoms with van der Waals surface area (Å²) >= 11 is 19.4. The van der Waals surface area contributed by atoms with Gasteiger partial charge in [0, 0.05) is 20.6 Å². The number of carbonyl (C=O) groups excluding carboxylic acids is 1. The van der Waals surface area contributed by atoms with Crippen LogP contribution in [-0.2, 0) is 11.3 Å². The van der Waals surface area contributed by atoms with Crippen LogP contribution in [-0.4, -0.2) is 22.6 Å². The van der Waals surface area contributed by atoms with Crippen LogP contribution in [0.1, 0.15) is 20.8 Å². The van der Waals surface area contributed by atoms with Crippen LogP contribution in [0.15, 0.2) is 23.3 Å².